The quantitative estimate of drug-likeness (QED) is 0.682. The lowest BCUT2D eigenvalue weighted by Crippen LogP contribution is -2.54. The number of halogens is 2. The van der Waals surface area contributed by atoms with Gasteiger partial charge in [0.1, 0.15) is 5.54 Å². The third-order valence-corrected chi connectivity index (χ3v) is 5.04. The van der Waals surface area contributed by atoms with E-state index in [-0.39, 0.29) is 11.5 Å². The number of amides is 3. The molecule has 0 aromatic heterocycles. The van der Waals surface area contributed by atoms with E-state index in [0.717, 1.165) is 42.4 Å². The van der Waals surface area contributed by atoms with E-state index in [9.17, 15) is 23.2 Å². The third-order valence-electron chi connectivity index (χ3n) is 5.04. The Kier molecular flexibility index (Phi) is 4.11. The van der Waals surface area contributed by atoms with E-state index in [1.807, 2.05) is 6.92 Å². The molecule has 1 heterocycles. The van der Waals surface area contributed by atoms with Crippen molar-refractivity contribution in [2.45, 2.75) is 38.1 Å². The Balaban J connectivity index is 1.80. The average molecular weight is 336 g/mol. The predicted octanol–water partition coefficient (Wildman–Crippen LogP) is 2.65. The van der Waals surface area contributed by atoms with Crippen molar-refractivity contribution in [2.75, 3.05) is 6.54 Å². The fourth-order valence-corrected chi connectivity index (χ4v) is 3.54. The summed E-state index contributed by atoms with van der Waals surface area (Å²) in [7, 11) is 0. The maximum atomic E-state index is 13.3. The summed E-state index contributed by atoms with van der Waals surface area (Å²) >= 11 is 0. The van der Waals surface area contributed by atoms with E-state index in [2.05, 4.69) is 5.32 Å². The molecule has 1 aliphatic heterocycles. The first-order chi connectivity index (χ1) is 11.3. The Labute approximate surface area is 138 Å². The number of benzene rings is 1. The van der Waals surface area contributed by atoms with E-state index in [4.69, 9.17) is 0 Å². The summed E-state index contributed by atoms with van der Waals surface area (Å²) in [4.78, 5) is 38.1. The van der Waals surface area contributed by atoms with Crippen LogP contribution in [0.1, 0.15) is 43.0 Å². The van der Waals surface area contributed by atoms with Crippen molar-refractivity contribution in [1.29, 1.82) is 0 Å². The number of urea groups is 1. The van der Waals surface area contributed by atoms with Gasteiger partial charge in [-0.15, -0.1) is 0 Å². The van der Waals surface area contributed by atoms with Crippen molar-refractivity contribution in [3.05, 3.63) is 35.4 Å². The van der Waals surface area contributed by atoms with Crippen LogP contribution in [0.25, 0.3) is 0 Å². The zero-order valence-corrected chi connectivity index (χ0v) is 13.3. The molecule has 5 nitrogen and oxygen atoms in total. The molecule has 1 aliphatic carbocycles. The summed E-state index contributed by atoms with van der Waals surface area (Å²) in [5.41, 5.74) is -1.02. The normalized spacial score (nSPS) is 26.8. The van der Waals surface area contributed by atoms with Crippen LogP contribution >= 0.6 is 0 Å². The third kappa shape index (κ3) is 2.57. The zero-order chi connectivity index (χ0) is 17.5. The Hall–Kier alpha value is -2.31. The van der Waals surface area contributed by atoms with Gasteiger partial charge in [0.25, 0.3) is 5.91 Å². The highest BCUT2D eigenvalue weighted by Gasteiger charge is 2.55. The van der Waals surface area contributed by atoms with Crippen LogP contribution in [-0.4, -0.2) is 34.7 Å². The lowest BCUT2D eigenvalue weighted by molar-refractivity contribution is -0.133. The van der Waals surface area contributed by atoms with E-state index in [0.29, 0.717) is 6.42 Å². The van der Waals surface area contributed by atoms with Crippen LogP contribution in [0, 0.1) is 17.6 Å². The van der Waals surface area contributed by atoms with Gasteiger partial charge in [-0.25, -0.2) is 13.6 Å². The Morgan fingerprint density at radius 1 is 1.29 bits per heavy atom. The molecule has 1 saturated heterocycles. The van der Waals surface area contributed by atoms with Crippen molar-refractivity contribution in [2.24, 2.45) is 5.92 Å². The Morgan fingerprint density at radius 3 is 2.71 bits per heavy atom. The van der Waals surface area contributed by atoms with Gasteiger partial charge in [-0.1, -0.05) is 19.8 Å². The second-order valence-corrected chi connectivity index (χ2v) is 6.49. The summed E-state index contributed by atoms with van der Waals surface area (Å²) in [6.07, 6.45) is 3.22. The first-order valence-corrected chi connectivity index (χ1v) is 7.97. The van der Waals surface area contributed by atoms with Crippen molar-refractivity contribution in [1.82, 2.24) is 10.2 Å². The second-order valence-electron chi connectivity index (χ2n) is 6.49. The molecule has 2 atom stereocenters. The molecular weight excluding hydrogens is 318 g/mol. The molecule has 0 unspecified atom stereocenters. The van der Waals surface area contributed by atoms with Crippen LogP contribution in [0.2, 0.25) is 0 Å². The number of imide groups is 1. The van der Waals surface area contributed by atoms with Crippen molar-refractivity contribution in [3.63, 3.8) is 0 Å². The highest BCUT2D eigenvalue weighted by atomic mass is 19.2. The highest BCUT2D eigenvalue weighted by molar-refractivity contribution is 6.11. The van der Waals surface area contributed by atoms with Crippen LogP contribution in [0.3, 0.4) is 0 Å². The van der Waals surface area contributed by atoms with Crippen LogP contribution in [0.15, 0.2) is 18.2 Å². The molecule has 0 radical (unpaired) electrons. The Morgan fingerprint density at radius 2 is 2.04 bits per heavy atom. The molecule has 1 spiro atoms. The van der Waals surface area contributed by atoms with Gasteiger partial charge in [-0.3, -0.25) is 14.5 Å². The molecule has 2 fully saturated rings. The number of carbonyl (C=O) groups excluding carboxylic acids is 3. The molecule has 0 bridgehead atoms. The molecule has 3 amide bonds. The molecule has 2 aliphatic rings. The molecule has 3 rings (SSSR count). The molecule has 1 N–H and O–H groups in total. The molecule has 1 aromatic rings. The molecule has 128 valence electrons. The Bertz CT molecular complexity index is 722. The van der Waals surface area contributed by atoms with E-state index < -0.39 is 41.4 Å². The van der Waals surface area contributed by atoms with E-state index >= 15 is 0 Å². The van der Waals surface area contributed by atoms with Crippen molar-refractivity contribution < 1.29 is 23.2 Å². The summed E-state index contributed by atoms with van der Waals surface area (Å²) in [5, 5.41) is 2.75. The summed E-state index contributed by atoms with van der Waals surface area (Å²) in [6, 6.07) is 2.15. The topological polar surface area (TPSA) is 66.5 Å². The summed E-state index contributed by atoms with van der Waals surface area (Å²) < 4.78 is 26.2. The first kappa shape index (κ1) is 16.5. The minimum absolute atomic E-state index is 0.00827. The van der Waals surface area contributed by atoms with Gasteiger partial charge in [-0.2, -0.15) is 0 Å². The van der Waals surface area contributed by atoms with Crippen LogP contribution in [-0.2, 0) is 4.79 Å². The van der Waals surface area contributed by atoms with Crippen LogP contribution < -0.4 is 5.32 Å². The molecule has 24 heavy (non-hydrogen) atoms. The van der Waals surface area contributed by atoms with Gasteiger partial charge in [0.05, 0.1) is 6.54 Å². The van der Waals surface area contributed by atoms with Crippen LogP contribution in [0.4, 0.5) is 13.6 Å². The van der Waals surface area contributed by atoms with Gasteiger partial charge in [0, 0.05) is 5.56 Å². The number of hydrogen-bond donors (Lipinski definition) is 1. The molecule has 7 heteroatoms. The number of carbonyl (C=O) groups is 3. The van der Waals surface area contributed by atoms with Gasteiger partial charge in [0.2, 0.25) is 0 Å². The number of nitrogens with zero attached hydrogens (tertiary/aromatic N) is 1. The fourth-order valence-electron chi connectivity index (χ4n) is 3.54. The number of Topliss-reactive ketones (excluding diaryl/α,β-unsaturated/α-hetero) is 1. The number of ketones is 1. The monoisotopic (exact) mass is 336 g/mol. The van der Waals surface area contributed by atoms with Gasteiger partial charge < -0.3 is 5.32 Å². The van der Waals surface area contributed by atoms with Crippen LogP contribution in [0.5, 0.6) is 0 Å². The fraction of sp³-hybridized carbons (Fsp3) is 0.471. The largest absolute Gasteiger partial charge is 0.325 e. The smallest absolute Gasteiger partial charge is 0.323 e. The minimum atomic E-state index is -1.14. The zero-order valence-electron chi connectivity index (χ0n) is 13.3. The lowest BCUT2D eigenvalue weighted by atomic mass is 9.73. The average Bonchev–Trinajstić information content (AvgIpc) is 2.78. The van der Waals surface area contributed by atoms with Gasteiger partial charge in [0.15, 0.2) is 17.4 Å². The summed E-state index contributed by atoms with van der Waals surface area (Å²) in [6.45, 7) is 1.43. The highest BCUT2D eigenvalue weighted by Crippen LogP contribution is 2.38. The molecule has 1 saturated carbocycles. The maximum absolute atomic E-state index is 13.3. The van der Waals surface area contributed by atoms with Gasteiger partial charge >= 0.3 is 6.03 Å². The van der Waals surface area contributed by atoms with Gasteiger partial charge in [-0.05, 0) is 37.0 Å². The summed E-state index contributed by atoms with van der Waals surface area (Å²) in [5.74, 6) is -3.23. The van der Waals surface area contributed by atoms with E-state index in [1.165, 1.54) is 0 Å². The molecular formula is C17H18F2N2O3. The van der Waals surface area contributed by atoms with Crippen molar-refractivity contribution in [3.8, 4) is 0 Å². The lowest BCUT2D eigenvalue weighted by Gasteiger charge is -2.36. The maximum Gasteiger partial charge on any atom is 0.325 e. The SMILES string of the molecule is C[C@H]1CCCC[C@@]12NC(=O)N(CC(=O)c1ccc(F)c(F)c1)C2=O. The molecule has 1 aromatic carbocycles. The number of rotatable bonds is 3. The van der Waals surface area contributed by atoms with Crippen molar-refractivity contribution >= 4 is 17.7 Å². The van der Waals surface area contributed by atoms with E-state index in [1.54, 1.807) is 0 Å². The second kappa shape index (κ2) is 5.96. The number of nitrogens with one attached hydrogen (secondary N) is 1. The number of hydrogen-bond acceptors (Lipinski definition) is 3. The minimum Gasteiger partial charge on any atom is -0.323 e. The first-order valence-electron chi connectivity index (χ1n) is 7.97. The predicted molar refractivity (Wildman–Crippen MR) is 81.3 cm³/mol. The standard InChI is InChI=1S/C17H18F2N2O3/c1-10-4-2-3-7-17(10)15(23)21(16(24)20-17)9-14(22)11-5-6-12(18)13(19)8-11/h5-6,8,10H,2-4,7,9H2,1H3,(H,20,24)/t10-,17+/m0/s1.